The summed E-state index contributed by atoms with van der Waals surface area (Å²) in [6.07, 6.45) is 3.08. The Bertz CT molecular complexity index is 355. The molecule has 2 N–H and O–H groups in total. The molecule has 12 heavy (non-hydrogen) atoms. The van der Waals surface area contributed by atoms with Crippen LogP contribution < -0.4 is 5.73 Å². The van der Waals surface area contributed by atoms with Crippen LogP contribution in [0.15, 0.2) is 31.8 Å². The van der Waals surface area contributed by atoms with Gasteiger partial charge in [0, 0.05) is 6.07 Å². The Morgan fingerprint density at radius 1 is 1.42 bits per heavy atom. The van der Waals surface area contributed by atoms with Crippen LogP contribution >= 0.6 is 15.9 Å². The van der Waals surface area contributed by atoms with Gasteiger partial charge in [-0.15, -0.1) is 0 Å². The lowest BCUT2D eigenvalue weighted by Crippen LogP contribution is -1.79. The quantitative estimate of drug-likeness (QED) is 0.814. The van der Waals surface area contributed by atoms with E-state index < -0.39 is 0 Å². The summed E-state index contributed by atoms with van der Waals surface area (Å²) in [6.45, 7) is 0. The molecule has 5 heteroatoms. The molecule has 0 amide bonds. The summed E-state index contributed by atoms with van der Waals surface area (Å²) in [7, 11) is 0. The average Bonchev–Trinajstić information content (AvgIpc) is 2.58. The third kappa shape index (κ3) is 1.23. The number of furan rings is 1. The van der Waals surface area contributed by atoms with Crippen LogP contribution in [0, 0.1) is 0 Å². The number of rotatable bonds is 1. The molecule has 2 heterocycles. The molecule has 4 nitrogen and oxygen atoms in total. The monoisotopic (exact) mass is 228 g/mol. The number of hydrogen-bond donors (Lipinski definition) is 1. The summed E-state index contributed by atoms with van der Waals surface area (Å²) < 4.78 is 11.0. The molecule has 0 spiro atoms. The average molecular weight is 229 g/mol. The molecule has 2 aromatic rings. The summed E-state index contributed by atoms with van der Waals surface area (Å²) in [5.41, 5.74) is 5.29. The SMILES string of the molecule is Nc1ncc(-c2cc(Br)co2)o1. The second kappa shape index (κ2) is 2.67. The lowest BCUT2D eigenvalue weighted by molar-refractivity contribution is 0.530. The molecule has 0 bridgehead atoms. The third-order valence-electron chi connectivity index (χ3n) is 1.33. The first-order valence-corrected chi connectivity index (χ1v) is 4.01. The highest BCUT2D eigenvalue weighted by Gasteiger charge is 2.07. The largest absolute Gasteiger partial charge is 0.460 e. The molecule has 0 atom stereocenters. The molecular weight excluding hydrogens is 224 g/mol. The Kier molecular flexibility index (Phi) is 1.65. The fraction of sp³-hybridized carbons (Fsp3) is 0. The van der Waals surface area contributed by atoms with Crippen LogP contribution in [-0.4, -0.2) is 4.98 Å². The van der Waals surface area contributed by atoms with Crippen LogP contribution in [0.5, 0.6) is 0 Å². The molecule has 0 aromatic carbocycles. The van der Waals surface area contributed by atoms with Crippen molar-refractivity contribution < 1.29 is 8.83 Å². The fourth-order valence-electron chi connectivity index (χ4n) is 0.844. The Morgan fingerprint density at radius 3 is 2.75 bits per heavy atom. The van der Waals surface area contributed by atoms with E-state index in [2.05, 4.69) is 20.9 Å². The highest BCUT2D eigenvalue weighted by Crippen LogP contribution is 2.25. The van der Waals surface area contributed by atoms with Gasteiger partial charge in [-0.05, 0) is 15.9 Å². The van der Waals surface area contributed by atoms with Crippen molar-refractivity contribution in [1.82, 2.24) is 4.98 Å². The van der Waals surface area contributed by atoms with Crippen LogP contribution in [-0.2, 0) is 0 Å². The Labute approximate surface area is 76.5 Å². The van der Waals surface area contributed by atoms with Gasteiger partial charge in [0.2, 0.25) is 0 Å². The van der Waals surface area contributed by atoms with Gasteiger partial charge in [-0.3, -0.25) is 0 Å². The molecule has 0 radical (unpaired) electrons. The zero-order valence-corrected chi connectivity index (χ0v) is 7.54. The van der Waals surface area contributed by atoms with Gasteiger partial charge in [-0.1, -0.05) is 0 Å². The van der Waals surface area contributed by atoms with Crippen LogP contribution in [0.4, 0.5) is 6.01 Å². The summed E-state index contributed by atoms with van der Waals surface area (Å²) in [4.78, 5) is 3.74. The van der Waals surface area contributed by atoms with Crippen molar-refractivity contribution in [2.45, 2.75) is 0 Å². The van der Waals surface area contributed by atoms with E-state index in [4.69, 9.17) is 14.6 Å². The molecular formula is C7H5BrN2O2. The van der Waals surface area contributed by atoms with Crippen LogP contribution in [0.2, 0.25) is 0 Å². The maximum absolute atomic E-state index is 5.29. The summed E-state index contributed by atoms with van der Waals surface area (Å²) in [5, 5.41) is 0. The van der Waals surface area contributed by atoms with E-state index >= 15 is 0 Å². The number of nitrogens with zero attached hydrogens (tertiary/aromatic N) is 1. The molecule has 0 saturated heterocycles. The lowest BCUT2D eigenvalue weighted by Gasteiger charge is -1.84. The van der Waals surface area contributed by atoms with Crippen molar-refractivity contribution in [2.75, 3.05) is 5.73 Å². The van der Waals surface area contributed by atoms with Gasteiger partial charge in [-0.25, -0.2) is 4.98 Å². The van der Waals surface area contributed by atoms with E-state index in [0.29, 0.717) is 11.5 Å². The first-order valence-electron chi connectivity index (χ1n) is 3.21. The van der Waals surface area contributed by atoms with E-state index in [1.54, 1.807) is 12.3 Å². The summed E-state index contributed by atoms with van der Waals surface area (Å²) in [6, 6.07) is 1.91. The molecule has 0 saturated carbocycles. The van der Waals surface area contributed by atoms with E-state index in [0.717, 1.165) is 4.47 Å². The van der Waals surface area contributed by atoms with Crippen molar-refractivity contribution in [3.63, 3.8) is 0 Å². The van der Waals surface area contributed by atoms with E-state index in [1.165, 1.54) is 6.20 Å². The van der Waals surface area contributed by atoms with Gasteiger partial charge in [0.1, 0.15) is 6.26 Å². The minimum absolute atomic E-state index is 0.137. The molecule has 0 aliphatic rings. The first-order chi connectivity index (χ1) is 5.75. The Balaban J connectivity index is 2.43. The Morgan fingerprint density at radius 2 is 2.25 bits per heavy atom. The van der Waals surface area contributed by atoms with E-state index in [-0.39, 0.29) is 6.01 Å². The molecule has 0 unspecified atom stereocenters. The van der Waals surface area contributed by atoms with Crippen LogP contribution in [0.1, 0.15) is 0 Å². The topological polar surface area (TPSA) is 65.2 Å². The number of hydrogen-bond acceptors (Lipinski definition) is 4. The molecule has 0 aliphatic heterocycles. The van der Waals surface area contributed by atoms with E-state index in [9.17, 15) is 0 Å². The first kappa shape index (κ1) is 7.42. The number of oxazole rings is 1. The molecule has 0 fully saturated rings. The van der Waals surface area contributed by atoms with Crippen molar-refractivity contribution in [3.05, 3.63) is 23.0 Å². The van der Waals surface area contributed by atoms with E-state index in [1.807, 2.05) is 0 Å². The fourth-order valence-corrected chi connectivity index (χ4v) is 1.15. The van der Waals surface area contributed by atoms with Crippen molar-refractivity contribution in [2.24, 2.45) is 0 Å². The predicted molar refractivity (Wildman–Crippen MR) is 46.3 cm³/mol. The highest BCUT2D eigenvalue weighted by molar-refractivity contribution is 9.10. The van der Waals surface area contributed by atoms with Gasteiger partial charge in [0.05, 0.1) is 10.7 Å². The standard InChI is InChI=1S/C7H5BrN2O2/c8-4-1-5(11-3-4)6-2-10-7(9)12-6/h1-3H,(H2,9,10). The zero-order valence-electron chi connectivity index (χ0n) is 5.95. The predicted octanol–water partition coefficient (Wildman–Crippen LogP) is 2.28. The Hall–Kier alpha value is -1.23. The molecule has 2 rings (SSSR count). The van der Waals surface area contributed by atoms with Gasteiger partial charge in [0.15, 0.2) is 11.5 Å². The second-order valence-electron chi connectivity index (χ2n) is 2.19. The highest BCUT2D eigenvalue weighted by atomic mass is 79.9. The summed E-state index contributed by atoms with van der Waals surface area (Å²) in [5.74, 6) is 1.13. The van der Waals surface area contributed by atoms with Gasteiger partial charge in [0.25, 0.3) is 6.01 Å². The molecule has 62 valence electrons. The number of nitrogen functional groups attached to an aromatic ring is 1. The summed E-state index contributed by atoms with van der Waals surface area (Å²) >= 11 is 3.25. The number of halogens is 1. The van der Waals surface area contributed by atoms with Crippen molar-refractivity contribution >= 4 is 21.9 Å². The van der Waals surface area contributed by atoms with Gasteiger partial charge < -0.3 is 14.6 Å². The molecule has 2 aromatic heterocycles. The smallest absolute Gasteiger partial charge is 0.292 e. The van der Waals surface area contributed by atoms with Gasteiger partial charge in [-0.2, -0.15) is 0 Å². The zero-order chi connectivity index (χ0) is 8.55. The third-order valence-corrected chi connectivity index (χ3v) is 1.75. The number of nitrogens with two attached hydrogens (primary N) is 1. The van der Waals surface area contributed by atoms with Gasteiger partial charge >= 0.3 is 0 Å². The number of anilines is 1. The second-order valence-corrected chi connectivity index (χ2v) is 3.11. The van der Waals surface area contributed by atoms with Crippen LogP contribution in [0.3, 0.4) is 0 Å². The van der Waals surface area contributed by atoms with Crippen molar-refractivity contribution in [1.29, 1.82) is 0 Å². The minimum Gasteiger partial charge on any atom is -0.460 e. The van der Waals surface area contributed by atoms with Crippen LogP contribution in [0.25, 0.3) is 11.5 Å². The van der Waals surface area contributed by atoms with Crippen molar-refractivity contribution in [3.8, 4) is 11.5 Å². The minimum atomic E-state index is 0.137. The maximum atomic E-state index is 5.29. The normalized spacial score (nSPS) is 10.4. The number of aromatic nitrogens is 1. The maximum Gasteiger partial charge on any atom is 0.292 e. The lowest BCUT2D eigenvalue weighted by atomic mass is 10.4. The molecule has 0 aliphatic carbocycles.